The van der Waals surface area contributed by atoms with Crippen LogP contribution in [0.3, 0.4) is 0 Å². The van der Waals surface area contributed by atoms with Crippen LogP contribution in [0.25, 0.3) is 0 Å². The number of fused-ring (bicyclic) bond motifs is 2. The topological polar surface area (TPSA) is 84.1 Å². The Balaban J connectivity index is 0.000000147. The molecule has 108 valence electrons. The van der Waals surface area contributed by atoms with Crippen molar-refractivity contribution in [3.8, 4) is 11.5 Å². The van der Waals surface area contributed by atoms with Crippen LogP contribution < -0.4 is 9.47 Å². The van der Waals surface area contributed by atoms with Crippen molar-refractivity contribution in [3.05, 3.63) is 59.7 Å². The zero-order valence-electron chi connectivity index (χ0n) is 11.2. The molecule has 2 heterocycles. The molecular formula is C16H14O5. The summed E-state index contributed by atoms with van der Waals surface area (Å²) in [6.45, 7) is 0. The van der Waals surface area contributed by atoms with E-state index in [-0.39, 0.29) is 17.4 Å². The Morgan fingerprint density at radius 1 is 0.667 bits per heavy atom. The van der Waals surface area contributed by atoms with E-state index in [1.165, 1.54) is 0 Å². The van der Waals surface area contributed by atoms with E-state index in [0.717, 1.165) is 11.1 Å². The van der Waals surface area contributed by atoms with E-state index in [1.807, 2.05) is 36.4 Å². The largest absolute Gasteiger partial charge is 0.426 e. The number of carbonyl (C=O) groups excluding carboxylic acids is 2. The van der Waals surface area contributed by atoms with Gasteiger partial charge in [-0.05, 0) is 12.1 Å². The summed E-state index contributed by atoms with van der Waals surface area (Å²) in [6, 6.07) is 14.9. The molecule has 0 aromatic heterocycles. The van der Waals surface area contributed by atoms with Crippen molar-refractivity contribution < 1.29 is 24.5 Å². The molecule has 0 saturated heterocycles. The number of benzene rings is 2. The molecule has 0 saturated carbocycles. The van der Waals surface area contributed by atoms with Gasteiger partial charge in [-0.3, -0.25) is 9.59 Å². The second-order valence-electron chi connectivity index (χ2n) is 4.52. The zero-order chi connectivity index (χ0) is 13.9. The predicted molar refractivity (Wildman–Crippen MR) is 75.2 cm³/mol. The first-order valence-electron chi connectivity index (χ1n) is 6.29. The highest BCUT2D eigenvalue weighted by molar-refractivity contribution is 5.81. The van der Waals surface area contributed by atoms with Gasteiger partial charge in [0.2, 0.25) is 0 Å². The standard InChI is InChI=1S/2C8H6O2.H2O/c2*9-8-5-6-3-1-2-4-7(6)10-8;/h2*1-4H,5H2;1H2. The summed E-state index contributed by atoms with van der Waals surface area (Å²) < 4.78 is 9.74. The van der Waals surface area contributed by atoms with Gasteiger partial charge in [0.15, 0.2) is 0 Å². The Labute approximate surface area is 121 Å². The maximum Gasteiger partial charge on any atom is 0.315 e. The third-order valence-corrected chi connectivity index (χ3v) is 3.06. The minimum atomic E-state index is -0.152. The second kappa shape index (κ2) is 6.19. The quantitative estimate of drug-likeness (QED) is 0.542. The van der Waals surface area contributed by atoms with E-state index < -0.39 is 0 Å². The van der Waals surface area contributed by atoms with E-state index in [0.29, 0.717) is 24.3 Å². The van der Waals surface area contributed by atoms with Crippen molar-refractivity contribution in [2.24, 2.45) is 0 Å². The van der Waals surface area contributed by atoms with Crippen LogP contribution in [0.15, 0.2) is 48.5 Å². The Bertz CT molecular complexity index is 564. The Morgan fingerprint density at radius 3 is 1.43 bits per heavy atom. The third-order valence-electron chi connectivity index (χ3n) is 3.06. The van der Waals surface area contributed by atoms with Crippen molar-refractivity contribution in [1.29, 1.82) is 0 Å². The number of hydrogen-bond donors (Lipinski definition) is 0. The summed E-state index contributed by atoms with van der Waals surface area (Å²) in [7, 11) is 0. The van der Waals surface area contributed by atoms with Crippen LogP contribution in [0, 0.1) is 0 Å². The van der Waals surface area contributed by atoms with Gasteiger partial charge in [-0.15, -0.1) is 0 Å². The normalized spacial score (nSPS) is 13.9. The minimum absolute atomic E-state index is 0. The Morgan fingerprint density at radius 2 is 1.05 bits per heavy atom. The van der Waals surface area contributed by atoms with E-state index in [9.17, 15) is 9.59 Å². The maximum absolute atomic E-state index is 10.7. The van der Waals surface area contributed by atoms with Gasteiger partial charge < -0.3 is 14.9 Å². The number of rotatable bonds is 0. The number of ether oxygens (including phenoxy) is 2. The molecule has 2 aliphatic rings. The van der Waals surface area contributed by atoms with Crippen LogP contribution in [0.5, 0.6) is 11.5 Å². The van der Waals surface area contributed by atoms with E-state index >= 15 is 0 Å². The van der Waals surface area contributed by atoms with E-state index in [4.69, 9.17) is 9.47 Å². The Kier molecular flexibility index (Phi) is 4.35. The fourth-order valence-corrected chi connectivity index (χ4v) is 2.13. The lowest BCUT2D eigenvalue weighted by molar-refractivity contribution is -0.132. The molecule has 4 rings (SSSR count). The van der Waals surface area contributed by atoms with Crippen molar-refractivity contribution in [1.82, 2.24) is 0 Å². The monoisotopic (exact) mass is 286 g/mol. The first-order chi connectivity index (χ1) is 9.72. The number of para-hydroxylation sites is 2. The lowest BCUT2D eigenvalue weighted by Crippen LogP contribution is -1.99. The van der Waals surface area contributed by atoms with Gasteiger partial charge in [0, 0.05) is 11.1 Å². The van der Waals surface area contributed by atoms with Crippen molar-refractivity contribution in [2.75, 3.05) is 0 Å². The Hall–Kier alpha value is -2.66. The molecule has 0 unspecified atom stereocenters. The minimum Gasteiger partial charge on any atom is -0.426 e. The summed E-state index contributed by atoms with van der Waals surface area (Å²) in [6.07, 6.45) is 0.854. The van der Waals surface area contributed by atoms with Crippen LogP contribution in [0.1, 0.15) is 11.1 Å². The summed E-state index contributed by atoms with van der Waals surface area (Å²) in [5.74, 6) is 1.13. The summed E-state index contributed by atoms with van der Waals surface area (Å²) in [4.78, 5) is 21.4. The molecule has 0 aliphatic carbocycles. The van der Waals surface area contributed by atoms with Crippen LogP contribution in [-0.2, 0) is 22.4 Å². The number of esters is 2. The lowest BCUT2D eigenvalue weighted by Gasteiger charge is -1.91. The second-order valence-corrected chi connectivity index (χ2v) is 4.52. The zero-order valence-corrected chi connectivity index (χ0v) is 11.2. The average molecular weight is 286 g/mol. The highest BCUT2D eigenvalue weighted by Gasteiger charge is 2.19. The maximum atomic E-state index is 10.7. The highest BCUT2D eigenvalue weighted by atomic mass is 16.5. The van der Waals surface area contributed by atoms with Gasteiger partial charge in [-0.1, -0.05) is 36.4 Å². The molecule has 2 N–H and O–H groups in total. The highest BCUT2D eigenvalue weighted by Crippen LogP contribution is 2.25. The van der Waals surface area contributed by atoms with Crippen LogP contribution >= 0.6 is 0 Å². The fourth-order valence-electron chi connectivity index (χ4n) is 2.13. The third kappa shape index (κ3) is 3.27. The first kappa shape index (κ1) is 14.7. The predicted octanol–water partition coefficient (Wildman–Crippen LogP) is 1.47. The first-order valence-corrected chi connectivity index (χ1v) is 6.29. The molecule has 21 heavy (non-hydrogen) atoms. The van der Waals surface area contributed by atoms with Gasteiger partial charge in [0.1, 0.15) is 11.5 Å². The molecule has 0 spiro atoms. The van der Waals surface area contributed by atoms with Crippen molar-refractivity contribution >= 4 is 11.9 Å². The van der Waals surface area contributed by atoms with E-state index in [1.54, 1.807) is 12.1 Å². The fraction of sp³-hybridized carbons (Fsp3) is 0.125. The summed E-state index contributed by atoms with van der Waals surface area (Å²) in [5, 5.41) is 0. The van der Waals surface area contributed by atoms with Gasteiger partial charge in [-0.25, -0.2) is 0 Å². The number of carbonyl (C=O) groups is 2. The molecule has 0 atom stereocenters. The molecule has 0 amide bonds. The van der Waals surface area contributed by atoms with E-state index in [2.05, 4.69) is 0 Å². The van der Waals surface area contributed by atoms with Gasteiger partial charge >= 0.3 is 11.9 Å². The van der Waals surface area contributed by atoms with Gasteiger partial charge in [0.25, 0.3) is 0 Å². The molecule has 0 fully saturated rings. The molecule has 2 aromatic carbocycles. The molecule has 0 radical (unpaired) electrons. The van der Waals surface area contributed by atoms with Crippen LogP contribution in [0.2, 0.25) is 0 Å². The molecule has 2 aliphatic heterocycles. The van der Waals surface area contributed by atoms with Crippen molar-refractivity contribution in [3.63, 3.8) is 0 Å². The smallest absolute Gasteiger partial charge is 0.315 e. The summed E-state index contributed by atoms with van der Waals surface area (Å²) in [5.41, 5.74) is 1.99. The molecule has 5 heteroatoms. The molecule has 0 bridgehead atoms. The molecular weight excluding hydrogens is 272 g/mol. The average Bonchev–Trinajstić information content (AvgIpc) is 2.99. The number of hydrogen-bond acceptors (Lipinski definition) is 4. The SMILES string of the molecule is O.O=C1Cc2ccccc2O1.O=C1Cc2ccccc2O1. The van der Waals surface area contributed by atoms with Crippen LogP contribution in [0.4, 0.5) is 0 Å². The molecule has 2 aromatic rings. The van der Waals surface area contributed by atoms with Gasteiger partial charge in [0.05, 0.1) is 12.8 Å². The van der Waals surface area contributed by atoms with Crippen LogP contribution in [-0.4, -0.2) is 17.4 Å². The molecule has 5 nitrogen and oxygen atoms in total. The van der Waals surface area contributed by atoms with Gasteiger partial charge in [-0.2, -0.15) is 0 Å². The lowest BCUT2D eigenvalue weighted by atomic mass is 10.2. The van der Waals surface area contributed by atoms with Crippen molar-refractivity contribution in [2.45, 2.75) is 12.8 Å². The summed E-state index contributed by atoms with van der Waals surface area (Å²) >= 11 is 0.